The number of nitrogens with zero attached hydrogens (tertiary/aromatic N) is 4. The average Bonchev–Trinajstić information content (AvgIpc) is 3.71. The molecular formula is C29H36N10O3S. The first-order valence-electron chi connectivity index (χ1n) is 14.5. The predicted molar refractivity (Wildman–Crippen MR) is 165 cm³/mol. The third-order valence-corrected chi connectivity index (χ3v) is 9.71. The Morgan fingerprint density at radius 1 is 1.12 bits per heavy atom. The van der Waals surface area contributed by atoms with Gasteiger partial charge in [-0.2, -0.15) is 0 Å². The zero-order chi connectivity index (χ0) is 29.9. The van der Waals surface area contributed by atoms with Gasteiger partial charge < -0.3 is 15.7 Å². The number of aromatic amines is 1. The molecule has 0 bridgehead atoms. The molecule has 6 atom stereocenters. The predicted octanol–water partition coefficient (Wildman–Crippen LogP) is 1.99. The van der Waals surface area contributed by atoms with Crippen molar-refractivity contribution in [3.8, 4) is 0 Å². The van der Waals surface area contributed by atoms with Gasteiger partial charge in [0.1, 0.15) is 29.7 Å². The first-order valence-corrected chi connectivity index (χ1v) is 16.4. The summed E-state index contributed by atoms with van der Waals surface area (Å²) in [5.41, 5.74) is 14.2. The molecule has 5 unspecified atom stereocenters. The van der Waals surface area contributed by atoms with Crippen LogP contribution in [-0.2, 0) is 10.0 Å². The molecule has 2 aliphatic heterocycles. The van der Waals surface area contributed by atoms with Gasteiger partial charge in [-0.25, -0.2) is 23.1 Å². The number of benzene rings is 1. The second-order valence-electron chi connectivity index (χ2n) is 11.9. The summed E-state index contributed by atoms with van der Waals surface area (Å²) in [6, 6.07) is 11.2. The molecule has 0 spiro atoms. The third kappa shape index (κ3) is 5.03. The number of sulfonamides is 1. The highest BCUT2D eigenvalue weighted by molar-refractivity contribution is 7.88. The fraction of sp³-hybridized carbons (Fsp3) is 0.414. The van der Waals surface area contributed by atoms with E-state index in [9.17, 15) is 13.2 Å². The Balaban J connectivity index is 1.24. The lowest BCUT2D eigenvalue weighted by atomic mass is 9.72. The van der Waals surface area contributed by atoms with Crippen LogP contribution in [0.3, 0.4) is 0 Å². The minimum absolute atomic E-state index is 0.0525. The number of aromatic nitrogens is 4. The lowest BCUT2D eigenvalue weighted by Crippen LogP contribution is -2.59. The fourth-order valence-corrected chi connectivity index (χ4v) is 7.89. The molecule has 1 aromatic carbocycles. The molecule has 1 amide bonds. The minimum Gasteiger partial charge on any atom is -0.363 e. The number of fused-ring (bicyclic) bond motifs is 3. The maximum atomic E-state index is 13.9. The van der Waals surface area contributed by atoms with Gasteiger partial charge in [-0.1, -0.05) is 18.2 Å². The lowest BCUT2D eigenvalue weighted by molar-refractivity contribution is 0.0954. The summed E-state index contributed by atoms with van der Waals surface area (Å²) in [6.45, 7) is 4.73. The van der Waals surface area contributed by atoms with Crippen LogP contribution in [0.2, 0.25) is 0 Å². The Labute approximate surface area is 249 Å². The first kappa shape index (κ1) is 27.8. The van der Waals surface area contributed by atoms with E-state index in [2.05, 4.69) is 41.3 Å². The minimum atomic E-state index is -3.36. The lowest BCUT2D eigenvalue weighted by Gasteiger charge is -2.41. The Bertz CT molecular complexity index is 1770. The zero-order valence-electron chi connectivity index (χ0n) is 24.2. The number of rotatable bonds is 7. The molecule has 6 N–H and O–H groups in total. The first-order chi connectivity index (χ1) is 20.7. The number of para-hydroxylation sites is 1. The van der Waals surface area contributed by atoms with Crippen LogP contribution in [0.5, 0.6) is 0 Å². The summed E-state index contributed by atoms with van der Waals surface area (Å²) in [4.78, 5) is 28.2. The van der Waals surface area contributed by atoms with E-state index >= 15 is 0 Å². The van der Waals surface area contributed by atoms with Crippen LogP contribution in [0.25, 0.3) is 11.0 Å². The number of hydrazine groups is 1. The average molecular weight is 605 g/mol. The highest BCUT2D eigenvalue weighted by Crippen LogP contribution is 2.43. The van der Waals surface area contributed by atoms with Crippen molar-refractivity contribution >= 4 is 38.5 Å². The van der Waals surface area contributed by atoms with Crippen molar-refractivity contribution in [3.63, 3.8) is 0 Å². The van der Waals surface area contributed by atoms with Gasteiger partial charge in [0.05, 0.1) is 17.7 Å². The Morgan fingerprint density at radius 2 is 1.93 bits per heavy atom. The van der Waals surface area contributed by atoms with Gasteiger partial charge in [0.2, 0.25) is 10.0 Å². The van der Waals surface area contributed by atoms with Crippen LogP contribution >= 0.6 is 0 Å². The van der Waals surface area contributed by atoms with Crippen molar-refractivity contribution in [2.24, 2.45) is 5.92 Å². The number of nitrogens with one attached hydrogen (secondary N) is 6. The SMILES string of the molecule is Cc1ccn2c1C(=O)N(c1ccccc1)C([C@H](C)Nc1ncnc3[nH]cc(C4CC(NS(C)(=O)=O)CC5NNCC54)c13)N2. The molecule has 1 saturated heterocycles. The summed E-state index contributed by atoms with van der Waals surface area (Å²) in [5, 5.41) is 4.47. The molecule has 5 heterocycles. The molecule has 1 aliphatic carbocycles. The van der Waals surface area contributed by atoms with Gasteiger partial charge in [-0.15, -0.1) is 0 Å². The summed E-state index contributed by atoms with van der Waals surface area (Å²) in [6.07, 6.45) is 7.51. The fourth-order valence-electron chi connectivity index (χ4n) is 7.09. The molecule has 13 nitrogen and oxygen atoms in total. The third-order valence-electron chi connectivity index (χ3n) is 8.95. The molecule has 1 saturated carbocycles. The molecule has 4 aromatic rings. The van der Waals surface area contributed by atoms with Crippen LogP contribution in [0, 0.1) is 12.8 Å². The molecule has 7 rings (SSSR count). The number of hydrogen-bond acceptors (Lipinski definition) is 9. The van der Waals surface area contributed by atoms with E-state index < -0.39 is 16.2 Å². The molecule has 43 heavy (non-hydrogen) atoms. The normalized spacial score (nSPS) is 26.2. The van der Waals surface area contributed by atoms with Gasteiger partial charge >= 0.3 is 0 Å². The molecule has 2 fully saturated rings. The largest absolute Gasteiger partial charge is 0.363 e. The van der Waals surface area contributed by atoms with E-state index in [1.165, 1.54) is 12.6 Å². The molecule has 226 valence electrons. The summed E-state index contributed by atoms with van der Waals surface area (Å²) >= 11 is 0. The van der Waals surface area contributed by atoms with Gasteiger partial charge in [0, 0.05) is 36.7 Å². The van der Waals surface area contributed by atoms with Crippen molar-refractivity contribution in [2.75, 3.05) is 28.4 Å². The van der Waals surface area contributed by atoms with E-state index in [4.69, 9.17) is 0 Å². The van der Waals surface area contributed by atoms with E-state index in [0.717, 1.165) is 28.7 Å². The second kappa shape index (κ2) is 10.6. The van der Waals surface area contributed by atoms with Gasteiger partial charge in [0.15, 0.2) is 0 Å². The Hall–Kier alpha value is -3.98. The number of carbonyl (C=O) groups excluding carboxylic acids is 1. The Morgan fingerprint density at radius 3 is 2.72 bits per heavy atom. The molecule has 0 radical (unpaired) electrons. The number of aryl methyl sites for hydroxylation is 1. The van der Waals surface area contributed by atoms with E-state index in [1.807, 2.05) is 62.6 Å². The van der Waals surface area contributed by atoms with Crippen LogP contribution in [0.1, 0.15) is 47.3 Å². The van der Waals surface area contributed by atoms with Gasteiger partial charge in [0.25, 0.3) is 5.91 Å². The van der Waals surface area contributed by atoms with Gasteiger partial charge in [-0.3, -0.25) is 25.2 Å². The number of amides is 1. The summed E-state index contributed by atoms with van der Waals surface area (Å²) < 4.78 is 28.9. The maximum Gasteiger partial charge on any atom is 0.278 e. The van der Waals surface area contributed by atoms with Crippen LogP contribution < -0.4 is 31.2 Å². The van der Waals surface area contributed by atoms with Gasteiger partial charge in [-0.05, 0) is 67.9 Å². The van der Waals surface area contributed by atoms with E-state index in [0.29, 0.717) is 30.0 Å². The van der Waals surface area contributed by atoms with E-state index in [-0.39, 0.29) is 35.9 Å². The number of carbonyl (C=O) groups is 1. The summed E-state index contributed by atoms with van der Waals surface area (Å²) in [7, 11) is -3.36. The zero-order valence-corrected chi connectivity index (χ0v) is 25.0. The van der Waals surface area contributed by atoms with Crippen molar-refractivity contribution in [1.29, 1.82) is 0 Å². The quantitative estimate of drug-likeness (QED) is 0.185. The smallest absolute Gasteiger partial charge is 0.278 e. The van der Waals surface area contributed by atoms with Crippen LogP contribution in [-0.4, -0.2) is 71.0 Å². The van der Waals surface area contributed by atoms with Crippen molar-refractivity contribution in [3.05, 3.63) is 71.9 Å². The van der Waals surface area contributed by atoms with Crippen LogP contribution in [0.4, 0.5) is 11.5 Å². The standard InChI is InChI=1S/C29H36N10O3S/c1-16-9-10-38-25(16)29(40)39(19-7-5-4-6-8-19)28(36-38)17(2)34-27-24-22(13-30-26(24)31-15-32-27)20-11-18(37-43(3,41)42)12-23-21(20)14-33-35-23/h4-10,13,15,17-18,20-21,23,28,33,35-37H,11-12,14H2,1-3H3,(H2,30,31,32,34)/t17-,18?,20?,21?,23?,28?/m0/s1. The molecule has 3 aromatic heterocycles. The van der Waals surface area contributed by atoms with Crippen molar-refractivity contribution in [1.82, 2.24) is 35.2 Å². The van der Waals surface area contributed by atoms with E-state index in [1.54, 1.807) is 9.58 Å². The number of hydrogen-bond donors (Lipinski definition) is 6. The monoisotopic (exact) mass is 604 g/mol. The highest BCUT2D eigenvalue weighted by Gasteiger charge is 2.43. The van der Waals surface area contributed by atoms with Crippen LogP contribution in [0.15, 0.2) is 55.1 Å². The summed E-state index contributed by atoms with van der Waals surface area (Å²) in [5.74, 6) is 0.889. The van der Waals surface area contributed by atoms with Crippen molar-refractivity contribution in [2.45, 2.75) is 56.9 Å². The highest BCUT2D eigenvalue weighted by atomic mass is 32.2. The number of H-pyrrole nitrogens is 1. The molecule has 14 heteroatoms. The number of anilines is 2. The maximum absolute atomic E-state index is 13.9. The topological polar surface area (TPSA) is 161 Å². The van der Waals surface area contributed by atoms with Crippen molar-refractivity contribution < 1.29 is 13.2 Å². The molecular weight excluding hydrogens is 568 g/mol. The molecule has 3 aliphatic rings. The Kier molecular flexibility index (Phi) is 6.88. The second-order valence-corrected chi connectivity index (χ2v) is 13.7.